The second-order valence-corrected chi connectivity index (χ2v) is 8.36. The number of phenols is 1. The van der Waals surface area contributed by atoms with Gasteiger partial charge < -0.3 is 40.6 Å². The largest absolute Gasteiger partial charge is 0.507 e. The molecule has 2 aromatic rings. The predicted molar refractivity (Wildman–Crippen MR) is 117 cm³/mol. The first-order valence-electron chi connectivity index (χ1n) is 10.1. The standard InChI is InChI=1S/C20H26N4O8S/c1-31-23-16(12-9-33-20(21)22-12)18(28)24-7-11(8-24)32-13-6-5-10(3-2-4-14(25)26)17(27)15(13)19(29)30/h5-6,9,11,14,16,23,25-27H,2-4,7-8H2,1H3,(H2,21,22)(H,29,30). The molecule has 180 valence electrons. The van der Waals surface area contributed by atoms with Crippen LogP contribution in [0.15, 0.2) is 17.5 Å². The average Bonchev–Trinajstić information content (AvgIpc) is 3.15. The number of thiazole rings is 1. The van der Waals surface area contributed by atoms with Gasteiger partial charge in [0.1, 0.15) is 23.2 Å². The van der Waals surface area contributed by atoms with Crippen LogP contribution in [-0.4, -0.2) is 74.8 Å². The number of aliphatic hydroxyl groups is 2. The Labute approximate surface area is 193 Å². The van der Waals surface area contributed by atoms with E-state index in [1.165, 1.54) is 35.5 Å². The summed E-state index contributed by atoms with van der Waals surface area (Å²) in [6.45, 7) is 0.409. The highest BCUT2D eigenvalue weighted by Crippen LogP contribution is 2.34. The number of aromatic hydroxyl groups is 1. The third-order valence-electron chi connectivity index (χ3n) is 5.12. The number of aromatic nitrogens is 1. The van der Waals surface area contributed by atoms with Crippen LogP contribution >= 0.6 is 11.3 Å². The summed E-state index contributed by atoms with van der Waals surface area (Å²) in [5.41, 5.74) is 8.66. The summed E-state index contributed by atoms with van der Waals surface area (Å²) < 4.78 is 5.75. The van der Waals surface area contributed by atoms with Crippen LogP contribution in [0.2, 0.25) is 0 Å². The van der Waals surface area contributed by atoms with Gasteiger partial charge in [-0.3, -0.25) is 4.79 Å². The first-order valence-corrected chi connectivity index (χ1v) is 11.0. The van der Waals surface area contributed by atoms with Crippen molar-refractivity contribution in [3.05, 3.63) is 34.3 Å². The van der Waals surface area contributed by atoms with E-state index in [0.717, 1.165) is 0 Å². The van der Waals surface area contributed by atoms with Crippen molar-refractivity contribution in [2.45, 2.75) is 37.7 Å². The Hall–Kier alpha value is -2.97. The second kappa shape index (κ2) is 10.8. The van der Waals surface area contributed by atoms with E-state index in [1.807, 2.05) is 0 Å². The number of anilines is 1. The van der Waals surface area contributed by atoms with Crippen molar-refractivity contribution in [2.24, 2.45) is 0 Å². The molecule has 1 aliphatic heterocycles. The van der Waals surface area contributed by atoms with E-state index in [-0.39, 0.29) is 43.2 Å². The number of ether oxygens (including phenoxy) is 1. The summed E-state index contributed by atoms with van der Waals surface area (Å²) in [4.78, 5) is 35.1. The third-order valence-corrected chi connectivity index (χ3v) is 5.81. The maximum atomic E-state index is 12.8. The van der Waals surface area contributed by atoms with Crippen LogP contribution in [0.3, 0.4) is 0 Å². The fourth-order valence-corrected chi connectivity index (χ4v) is 4.03. The van der Waals surface area contributed by atoms with Crippen molar-refractivity contribution in [3.8, 4) is 11.5 Å². The molecule has 12 nitrogen and oxygen atoms in total. The predicted octanol–water partition coefficient (Wildman–Crippen LogP) is 0.244. The van der Waals surface area contributed by atoms with Gasteiger partial charge >= 0.3 is 5.97 Å². The molecule has 1 aromatic carbocycles. The molecule has 1 saturated heterocycles. The van der Waals surface area contributed by atoms with Crippen LogP contribution in [0.1, 0.15) is 40.5 Å². The Balaban J connectivity index is 1.64. The SMILES string of the molecule is CONC(C(=O)N1CC(Oc2ccc(CCCC(O)O)c(O)c2C(=O)O)C1)c1csc(N)n1. The molecule has 2 heterocycles. The first kappa shape index (κ1) is 24.7. The number of hydrogen-bond acceptors (Lipinski definition) is 11. The van der Waals surface area contributed by atoms with Crippen LogP contribution in [0.25, 0.3) is 0 Å². The van der Waals surface area contributed by atoms with Gasteiger partial charge in [0.2, 0.25) is 5.91 Å². The number of nitrogens with one attached hydrogen (secondary N) is 1. The quantitative estimate of drug-likeness (QED) is 0.190. The van der Waals surface area contributed by atoms with Crippen molar-refractivity contribution in [1.82, 2.24) is 15.4 Å². The number of aryl methyl sites for hydroxylation is 1. The molecule has 1 aliphatic rings. The molecule has 3 rings (SSSR count). The Morgan fingerprint density at radius 1 is 1.36 bits per heavy atom. The Kier molecular flexibility index (Phi) is 8.05. The van der Waals surface area contributed by atoms with Crippen molar-refractivity contribution >= 4 is 28.3 Å². The van der Waals surface area contributed by atoms with Crippen LogP contribution in [0.4, 0.5) is 5.13 Å². The molecule has 13 heteroatoms. The minimum Gasteiger partial charge on any atom is -0.507 e. The van der Waals surface area contributed by atoms with Crippen LogP contribution in [-0.2, 0) is 16.1 Å². The normalized spacial score (nSPS) is 14.8. The number of amides is 1. The summed E-state index contributed by atoms with van der Waals surface area (Å²) in [6.07, 6.45) is -1.22. The average molecular weight is 483 g/mol. The minimum absolute atomic E-state index is 0.0121. The lowest BCUT2D eigenvalue weighted by Crippen LogP contribution is -2.58. The number of carbonyl (C=O) groups is 2. The number of likely N-dealkylation sites (tertiary alicyclic amines) is 1. The van der Waals surface area contributed by atoms with Gasteiger partial charge in [-0.25, -0.2) is 9.78 Å². The lowest BCUT2D eigenvalue weighted by atomic mass is 10.0. The third kappa shape index (κ3) is 5.89. The molecule has 1 atom stereocenters. The molecule has 0 radical (unpaired) electrons. The molecule has 1 unspecified atom stereocenters. The molecule has 0 bridgehead atoms. The van der Waals surface area contributed by atoms with Gasteiger partial charge in [-0.15, -0.1) is 11.3 Å². The number of aliphatic hydroxyl groups excluding tert-OH is 1. The zero-order chi connectivity index (χ0) is 24.1. The highest BCUT2D eigenvalue weighted by Gasteiger charge is 2.38. The molecule has 0 spiro atoms. The van der Waals surface area contributed by atoms with Crippen molar-refractivity contribution in [1.29, 1.82) is 0 Å². The van der Waals surface area contributed by atoms with Crippen LogP contribution in [0.5, 0.6) is 11.5 Å². The van der Waals surface area contributed by atoms with Crippen LogP contribution < -0.4 is 16.0 Å². The van der Waals surface area contributed by atoms with E-state index in [2.05, 4.69) is 10.5 Å². The maximum absolute atomic E-state index is 12.8. The summed E-state index contributed by atoms with van der Waals surface area (Å²) >= 11 is 1.20. The summed E-state index contributed by atoms with van der Waals surface area (Å²) in [7, 11) is 1.38. The molecule has 1 amide bonds. The van der Waals surface area contributed by atoms with Gasteiger partial charge in [0.25, 0.3) is 0 Å². The smallest absolute Gasteiger partial charge is 0.343 e. The maximum Gasteiger partial charge on any atom is 0.343 e. The summed E-state index contributed by atoms with van der Waals surface area (Å²) in [5.74, 6) is -2.10. The number of carboxylic acids is 1. The van der Waals surface area contributed by atoms with Crippen molar-refractivity contribution in [2.75, 3.05) is 25.9 Å². The number of benzene rings is 1. The Morgan fingerprint density at radius 2 is 2.09 bits per heavy atom. The van der Waals surface area contributed by atoms with Crippen molar-refractivity contribution < 1.29 is 39.6 Å². The van der Waals surface area contributed by atoms with E-state index < -0.39 is 30.2 Å². The molecular weight excluding hydrogens is 456 g/mol. The fraction of sp³-hybridized carbons (Fsp3) is 0.450. The van der Waals surface area contributed by atoms with E-state index in [0.29, 0.717) is 22.8 Å². The monoisotopic (exact) mass is 482 g/mol. The lowest BCUT2D eigenvalue weighted by molar-refractivity contribution is -0.146. The highest BCUT2D eigenvalue weighted by atomic mass is 32.1. The number of nitrogens with two attached hydrogens (primary N) is 1. The molecule has 1 fully saturated rings. The topological polar surface area (TPSA) is 188 Å². The summed E-state index contributed by atoms with van der Waals surface area (Å²) in [6, 6.07) is 2.14. The Bertz CT molecular complexity index is 992. The fourth-order valence-electron chi connectivity index (χ4n) is 3.44. The van der Waals surface area contributed by atoms with Gasteiger partial charge in [0.15, 0.2) is 17.5 Å². The van der Waals surface area contributed by atoms with Gasteiger partial charge in [0, 0.05) is 5.38 Å². The van der Waals surface area contributed by atoms with Gasteiger partial charge in [-0.05, 0) is 30.9 Å². The zero-order valence-corrected chi connectivity index (χ0v) is 18.6. The van der Waals surface area contributed by atoms with E-state index in [1.54, 1.807) is 5.38 Å². The van der Waals surface area contributed by atoms with Crippen molar-refractivity contribution in [3.63, 3.8) is 0 Å². The van der Waals surface area contributed by atoms with E-state index in [4.69, 9.17) is 25.5 Å². The number of rotatable bonds is 11. The Morgan fingerprint density at radius 3 is 2.67 bits per heavy atom. The first-order chi connectivity index (χ1) is 15.7. The molecule has 1 aromatic heterocycles. The number of aromatic carboxylic acids is 1. The molecule has 33 heavy (non-hydrogen) atoms. The number of carboxylic acid groups (broad SMARTS) is 1. The summed E-state index contributed by atoms with van der Waals surface area (Å²) in [5, 5.41) is 39.8. The van der Waals surface area contributed by atoms with E-state index >= 15 is 0 Å². The molecule has 7 N–H and O–H groups in total. The number of nitrogens with zero attached hydrogens (tertiary/aromatic N) is 2. The number of carbonyl (C=O) groups excluding carboxylic acids is 1. The van der Waals surface area contributed by atoms with Gasteiger partial charge in [-0.1, -0.05) is 6.07 Å². The highest BCUT2D eigenvalue weighted by molar-refractivity contribution is 7.13. The molecule has 0 aliphatic carbocycles. The second-order valence-electron chi connectivity index (χ2n) is 7.47. The van der Waals surface area contributed by atoms with Crippen LogP contribution in [0, 0.1) is 0 Å². The zero-order valence-electron chi connectivity index (χ0n) is 17.8. The number of hydrogen-bond donors (Lipinski definition) is 6. The van der Waals surface area contributed by atoms with Gasteiger partial charge in [-0.2, -0.15) is 5.48 Å². The molecular formula is C20H26N4O8S. The van der Waals surface area contributed by atoms with Gasteiger partial charge in [0.05, 0.1) is 25.9 Å². The van der Waals surface area contributed by atoms with E-state index in [9.17, 15) is 19.8 Å². The number of hydroxylamine groups is 1. The number of nitrogen functional groups attached to an aromatic ring is 1. The minimum atomic E-state index is -1.47. The lowest BCUT2D eigenvalue weighted by Gasteiger charge is -2.40. The molecule has 0 saturated carbocycles.